The number of aromatic nitrogens is 2. The number of nitriles is 1. The largest absolute Gasteiger partial charge is 0.471 e. The molecule has 0 saturated carbocycles. The molecule has 3 rings (SSSR count). The van der Waals surface area contributed by atoms with E-state index in [1.807, 2.05) is 6.07 Å². The first-order chi connectivity index (χ1) is 12.4. The molecule has 0 fully saturated rings. The lowest BCUT2D eigenvalue weighted by molar-refractivity contribution is -0.159. The van der Waals surface area contributed by atoms with Crippen molar-refractivity contribution in [1.29, 1.82) is 5.26 Å². The van der Waals surface area contributed by atoms with Crippen LogP contribution < -0.4 is 5.32 Å². The number of nitrogens with zero attached hydrogens (tertiary/aromatic N) is 3. The molecule has 1 N–H and O–H groups in total. The molecule has 1 amide bonds. The SMILES string of the molecule is N#C[C@@H](NC(=O)c1ccc(-c2noc(C(F)(F)F)n2)cc1)c1ccsc1. The van der Waals surface area contributed by atoms with Crippen molar-refractivity contribution in [3.8, 4) is 17.5 Å². The Balaban J connectivity index is 1.74. The number of halogens is 3. The van der Waals surface area contributed by atoms with Gasteiger partial charge in [-0.3, -0.25) is 4.79 Å². The minimum Gasteiger partial charge on any atom is -0.332 e. The number of hydrogen-bond donors (Lipinski definition) is 1. The topological polar surface area (TPSA) is 91.8 Å². The first kappa shape index (κ1) is 17.6. The van der Waals surface area contributed by atoms with Crippen molar-refractivity contribution in [2.75, 3.05) is 0 Å². The van der Waals surface area contributed by atoms with E-state index in [1.54, 1.807) is 16.8 Å². The molecule has 0 bridgehead atoms. The van der Waals surface area contributed by atoms with Crippen LogP contribution >= 0.6 is 11.3 Å². The summed E-state index contributed by atoms with van der Waals surface area (Å²) in [5.41, 5.74) is 1.17. The molecule has 132 valence electrons. The monoisotopic (exact) mass is 378 g/mol. The van der Waals surface area contributed by atoms with Crippen LogP contribution in [0, 0.1) is 11.3 Å². The van der Waals surface area contributed by atoms with Gasteiger partial charge in [0.1, 0.15) is 6.04 Å². The summed E-state index contributed by atoms with van der Waals surface area (Å²) in [6.07, 6.45) is -4.72. The van der Waals surface area contributed by atoms with Gasteiger partial charge >= 0.3 is 12.1 Å². The molecular formula is C16H9F3N4O2S. The maximum Gasteiger partial charge on any atom is 0.471 e. The highest BCUT2D eigenvalue weighted by atomic mass is 32.1. The highest BCUT2D eigenvalue weighted by molar-refractivity contribution is 7.08. The van der Waals surface area contributed by atoms with Crippen LogP contribution in [0.15, 0.2) is 45.6 Å². The second-order valence-corrected chi connectivity index (χ2v) is 5.87. The van der Waals surface area contributed by atoms with E-state index >= 15 is 0 Å². The van der Waals surface area contributed by atoms with E-state index in [0.717, 1.165) is 0 Å². The Kier molecular flexibility index (Phi) is 4.73. The third kappa shape index (κ3) is 3.73. The fraction of sp³-hybridized carbons (Fsp3) is 0.125. The van der Waals surface area contributed by atoms with E-state index in [9.17, 15) is 23.2 Å². The average Bonchev–Trinajstić information content (AvgIpc) is 3.30. The quantitative estimate of drug-likeness (QED) is 0.745. The third-order valence-electron chi connectivity index (χ3n) is 3.35. The molecule has 2 heterocycles. The molecule has 10 heteroatoms. The summed E-state index contributed by atoms with van der Waals surface area (Å²) in [4.78, 5) is 15.5. The molecule has 6 nitrogen and oxygen atoms in total. The molecule has 1 atom stereocenters. The summed E-state index contributed by atoms with van der Waals surface area (Å²) in [7, 11) is 0. The van der Waals surface area contributed by atoms with Crippen LogP contribution in [0.4, 0.5) is 13.2 Å². The zero-order valence-electron chi connectivity index (χ0n) is 12.8. The van der Waals surface area contributed by atoms with Crippen molar-refractivity contribution in [1.82, 2.24) is 15.5 Å². The summed E-state index contributed by atoms with van der Waals surface area (Å²) in [5, 5.41) is 18.6. The van der Waals surface area contributed by atoms with Gasteiger partial charge in [0, 0.05) is 11.1 Å². The number of nitrogens with one attached hydrogen (secondary N) is 1. The molecule has 0 aliphatic rings. The van der Waals surface area contributed by atoms with Crippen LogP contribution in [0.5, 0.6) is 0 Å². The molecule has 0 radical (unpaired) electrons. The summed E-state index contributed by atoms with van der Waals surface area (Å²) in [5.74, 6) is -2.17. The van der Waals surface area contributed by atoms with Crippen LogP contribution in [0.3, 0.4) is 0 Å². The van der Waals surface area contributed by atoms with Crippen molar-refractivity contribution in [2.24, 2.45) is 0 Å². The molecule has 0 spiro atoms. The summed E-state index contributed by atoms with van der Waals surface area (Å²) < 4.78 is 41.6. The van der Waals surface area contributed by atoms with E-state index in [2.05, 4.69) is 20.0 Å². The Morgan fingerprint density at radius 1 is 1.27 bits per heavy atom. The molecule has 1 aromatic carbocycles. The Morgan fingerprint density at radius 3 is 2.54 bits per heavy atom. The minimum absolute atomic E-state index is 0.238. The predicted octanol–water partition coefficient (Wildman–Crippen LogP) is 3.81. The molecule has 0 aliphatic carbocycles. The van der Waals surface area contributed by atoms with Crippen molar-refractivity contribution < 1.29 is 22.5 Å². The zero-order chi connectivity index (χ0) is 18.7. The van der Waals surface area contributed by atoms with Crippen LogP contribution in [0.25, 0.3) is 11.4 Å². The molecule has 0 saturated heterocycles. The van der Waals surface area contributed by atoms with Gasteiger partial charge in [-0.25, -0.2) is 0 Å². The average molecular weight is 378 g/mol. The van der Waals surface area contributed by atoms with Gasteiger partial charge in [-0.15, -0.1) is 0 Å². The van der Waals surface area contributed by atoms with Crippen molar-refractivity contribution >= 4 is 17.2 Å². The van der Waals surface area contributed by atoms with Gasteiger partial charge in [-0.05, 0) is 34.5 Å². The minimum atomic E-state index is -4.72. The Bertz CT molecular complexity index is 943. The van der Waals surface area contributed by atoms with E-state index in [1.165, 1.54) is 35.6 Å². The molecule has 26 heavy (non-hydrogen) atoms. The fourth-order valence-corrected chi connectivity index (χ4v) is 2.76. The van der Waals surface area contributed by atoms with Gasteiger partial charge in [0.05, 0.1) is 6.07 Å². The van der Waals surface area contributed by atoms with Crippen molar-refractivity contribution in [3.63, 3.8) is 0 Å². The van der Waals surface area contributed by atoms with Crippen LogP contribution in [-0.4, -0.2) is 16.0 Å². The first-order valence-electron chi connectivity index (χ1n) is 7.12. The number of hydrogen-bond acceptors (Lipinski definition) is 6. The molecule has 3 aromatic rings. The second-order valence-electron chi connectivity index (χ2n) is 5.09. The number of amides is 1. The molecular weight excluding hydrogens is 369 g/mol. The first-order valence-corrected chi connectivity index (χ1v) is 8.06. The highest BCUT2D eigenvalue weighted by Crippen LogP contribution is 2.29. The van der Waals surface area contributed by atoms with E-state index in [0.29, 0.717) is 5.56 Å². The highest BCUT2D eigenvalue weighted by Gasteiger charge is 2.38. The van der Waals surface area contributed by atoms with Gasteiger partial charge in [0.25, 0.3) is 5.91 Å². The number of carbonyl (C=O) groups excluding carboxylic acids is 1. The van der Waals surface area contributed by atoms with E-state index < -0.39 is 24.0 Å². The van der Waals surface area contributed by atoms with Gasteiger partial charge in [0.15, 0.2) is 0 Å². The number of rotatable bonds is 4. The summed E-state index contributed by atoms with van der Waals surface area (Å²) >= 11 is 1.40. The van der Waals surface area contributed by atoms with Crippen molar-refractivity contribution in [3.05, 3.63) is 58.1 Å². The van der Waals surface area contributed by atoms with Gasteiger partial charge in [-0.2, -0.15) is 34.8 Å². The van der Waals surface area contributed by atoms with Gasteiger partial charge in [0.2, 0.25) is 5.82 Å². The predicted molar refractivity (Wildman–Crippen MR) is 84.9 cm³/mol. The zero-order valence-corrected chi connectivity index (χ0v) is 13.6. The van der Waals surface area contributed by atoms with Crippen LogP contribution in [-0.2, 0) is 6.18 Å². The maximum absolute atomic E-state index is 12.5. The Morgan fingerprint density at radius 2 is 2.00 bits per heavy atom. The summed E-state index contributed by atoms with van der Waals surface area (Å²) in [6.45, 7) is 0. The standard InChI is InChI=1S/C16H9F3N4O2S/c17-16(18,19)15-22-13(23-25-15)9-1-3-10(4-2-9)14(24)21-12(7-20)11-5-6-26-8-11/h1-6,8,12H,(H,21,24)/t12-/m1/s1. The van der Waals surface area contributed by atoms with E-state index in [-0.39, 0.29) is 17.0 Å². The fourth-order valence-electron chi connectivity index (χ4n) is 2.07. The maximum atomic E-state index is 12.5. The molecule has 2 aromatic heterocycles. The lowest BCUT2D eigenvalue weighted by Gasteiger charge is -2.10. The number of benzene rings is 1. The van der Waals surface area contributed by atoms with E-state index in [4.69, 9.17) is 0 Å². The second kappa shape index (κ2) is 6.97. The number of thiophene rings is 1. The van der Waals surface area contributed by atoms with Gasteiger partial charge < -0.3 is 9.84 Å². The summed E-state index contributed by atoms with van der Waals surface area (Å²) in [6, 6.07) is 8.52. The number of alkyl halides is 3. The molecule has 0 unspecified atom stereocenters. The third-order valence-corrected chi connectivity index (χ3v) is 4.06. The van der Waals surface area contributed by atoms with Crippen molar-refractivity contribution in [2.45, 2.75) is 12.2 Å². The molecule has 0 aliphatic heterocycles. The number of carbonyl (C=O) groups is 1. The lowest BCUT2D eigenvalue weighted by atomic mass is 10.1. The Labute approximate surface area is 148 Å². The van der Waals surface area contributed by atoms with Gasteiger partial charge in [-0.1, -0.05) is 17.3 Å². The lowest BCUT2D eigenvalue weighted by Crippen LogP contribution is -2.27. The smallest absolute Gasteiger partial charge is 0.332 e. The Hall–Kier alpha value is -3.19. The van der Waals surface area contributed by atoms with Crippen LogP contribution in [0.1, 0.15) is 27.9 Å². The van der Waals surface area contributed by atoms with Crippen LogP contribution in [0.2, 0.25) is 0 Å². The normalized spacial score (nSPS) is 12.4.